The lowest BCUT2D eigenvalue weighted by atomic mass is 10.1. The van der Waals surface area contributed by atoms with Gasteiger partial charge < -0.3 is 4.74 Å². The highest BCUT2D eigenvalue weighted by Crippen LogP contribution is 2.28. The quantitative estimate of drug-likeness (QED) is 0.605. The molecule has 0 amide bonds. The van der Waals surface area contributed by atoms with Crippen molar-refractivity contribution in [3.05, 3.63) is 17.5 Å². The molecule has 1 aliphatic carbocycles. The fraction of sp³-hybridized carbons (Fsp3) is 0.733. The van der Waals surface area contributed by atoms with E-state index in [1.807, 2.05) is 10.9 Å². The molecule has 1 aromatic heterocycles. The lowest BCUT2D eigenvalue weighted by molar-refractivity contribution is 0.112. The van der Waals surface area contributed by atoms with E-state index in [4.69, 9.17) is 4.74 Å². The molecule has 1 aromatic rings. The van der Waals surface area contributed by atoms with Gasteiger partial charge in [-0.2, -0.15) is 5.10 Å². The van der Waals surface area contributed by atoms with Crippen LogP contribution >= 0.6 is 0 Å². The first-order chi connectivity index (χ1) is 9.26. The standard InChI is InChI=1S/C15H24N2O2/c1-12(11-19-2)15-13(10-18)9-17(16-15)14-7-5-3-4-6-8-14/h9-10,12,14H,3-8,11H2,1-2H3. The van der Waals surface area contributed by atoms with E-state index >= 15 is 0 Å². The van der Waals surface area contributed by atoms with Crippen LogP contribution in [-0.2, 0) is 4.74 Å². The van der Waals surface area contributed by atoms with Crippen LogP contribution in [0.3, 0.4) is 0 Å². The van der Waals surface area contributed by atoms with Gasteiger partial charge in [0.25, 0.3) is 0 Å². The molecule has 106 valence electrons. The number of methoxy groups -OCH3 is 1. The van der Waals surface area contributed by atoms with Crippen LogP contribution in [0.5, 0.6) is 0 Å². The largest absolute Gasteiger partial charge is 0.384 e. The molecule has 1 heterocycles. The van der Waals surface area contributed by atoms with E-state index in [9.17, 15) is 4.79 Å². The lowest BCUT2D eigenvalue weighted by Gasteiger charge is -2.14. The van der Waals surface area contributed by atoms with E-state index < -0.39 is 0 Å². The molecule has 2 rings (SSSR count). The summed E-state index contributed by atoms with van der Waals surface area (Å²) in [5, 5.41) is 4.67. The first-order valence-corrected chi connectivity index (χ1v) is 7.29. The Morgan fingerprint density at radius 1 is 1.42 bits per heavy atom. The van der Waals surface area contributed by atoms with E-state index in [1.165, 1.54) is 38.5 Å². The number of ether oxygens (including phenoxy) is 1. The normalized spacial score (nSPS) is 19.1. The zero-order valence-corrected chi connectivity index (χ0v) is 12.0. The molecule has 1 atom stereocenters. The number of carbonyl (C=O) groups excluding carboxylic acids is 1. The van der Waals surface area contributed by atoms with Crippen molar-refractivity contribution in [2.45, 2.75) is 57.4 Å². The number of aromatic nitrogens is 2. The van der Waals surface area contributed by atoms with Gasteiger partial charge in [0.05, 0.1) is 23.9 Å². The summed E-state index contributed by atoms with van der Waals surface area (Å²) in [5.41, 5.74) is 1.59. The van der Waals surface area contributed by atoms with Crippen molar-refractivity contribution in [1.82, 2.24) is 9.78 Å². The summed E-state index contributed by atoms with van der Waals surface area (Å²) >= 11 is 0. The molecule has 1 saturated carbocycles. The zero-order valence-electron chi connectivity index (χ0n) is 12.0. The SMILES string of the molecule is COCC(C)c1nn(C2CCCCCC2)cc1C=O. The Hall–Kier alpha value is -1.16. The minimum atomic E-state index is 0.164. The first kappa shape index (κ1) is 14.3. The van der Waals surface area contributed by atoms with Crippen molar-refractivity contribution in [3.63, 3.8) is 0 Å². The van der Waals surface area contributed by atoms with E-state index in [0.29, 0.717) is 18.2 Å². The molecule has 1 unspecified atom stereocenters. The van der Waals surface area contributed by atoms with Crippen LogP contribution in [0.4, 0.5) is 0 Å². The molecule has 0 radical (unpaired) electrons. The van der Waals surface area contributed by atoms with Crippen LogP contribution < -0.4 is 0 Å². The van der Waals surface area contributed by atoms with Crippen molar-refractivity contribution < 1.29 is 9.53 Å². The molecule has 0 bridgehead atoms. The van der Waals surface area contributed by atoms with Crippen molar-refractivity contribution >= 4 is 6.29 Å². The van der Waals surface area contributed by atoms with Crippen molar-refractivity contribution in [1.29, 1.82) is 0 Å². The Bertz CT molecular complexity index is 406. The molecule has 0 aliphatic heterocycles. The Kier molecular flexibility index (Phi) is 5.14. The summed E-state index contributed by atoms with van der Waals surface area (Å²) < 4.78 is 7.19. The van der Waals surface area contributed by atoms with Gasteiger partial charge in [-0.15, -0.1) is 0 Å². The average Bonchev–Trinajstić information content (AvgIpc) is 2.66. The van der Waals surface area contributed by atoms with E-state index in [1.54, 1.807) is 7.11 Å². The molecule has 0 N–H and O–H groups in total. The molecule has 4 nitrogen and oxygen atoms in total. The number of carbonyl (C=O) groups is 1. The second-order valence-electron chi connectivity index (χ2n) is 5.57. The van der Waals surface area contributed by atoms with Gasteiger partial charge in [-0.3, -0.25) is 9.48 Å². The van der Waals surface area contributed by atoms with Gasteiger partial charge >= 0.3 is 0 Å². The van der Waals surface area contributed by atoms with Crippen LogP contribution in [0.1, 0.15) is 73.5 Å². The maximum Gasteiger partial charge on any atom is 0.153 e. The van der Waals surface area contributed by atoms with Crippen LogP contribution in [-0.4, -0.2) is 29.8 Å². The highest BCUT2D eigenvalue weighted by atomic mass is 16.5. The molecule has 0 saturated heterocycles. The predicted molar refractivity (Wildman–Crippen MR) is 74.6 cm³/mol. The minimum absolute atomic E-state index is 0.164. The number of rotatable bonds is 5. The number of hydrogen-bond donors (Lipinski definition) is 0. The van der Waals surface area contributed by atoms with Crippen LogP contribution in [0.15, 0.2) is 6.20 Å². The second-order valence-corrected chi connectivity index (χ2v) is 5.57. The minimum Gasteiger partial charge on any atom is -0.384 e. The van der Waals surface area contributed by atoms with Gasteiger partial charge in [0, 0.05) is 19.2 Å². The Labute approximate surface area is 115 Å². The third-order valence-electron chi connectivity index (χ3n) is 4.00. The van der Waals surface area contributed by atoms with Gasteiger partial charge in [-0.25, -0.2) is 0 Å². The highest BCUT2D eigenvalue weighted by molar-refractivity contribution is 5.76. The Morgan fingerprint density at radius 2 is 2.11 bits per heavy atom. The highest BCUT2D eigenvalue weighted by Gasteiger charge is 2.20. The Morgan fingerprint density at radius 3 is 2.68 bits per heavy atom. The number of aldehydes is 1. The lowest BCUT2D eigenvalue weighted by Crippen LogP contribution is -2.10. The predicted octanol–water partition coefficient (Wildman–Crippen LogP) is 3.34. The zero-order chi connectivity index (χ0) is 13.7. The average molecular weight is 264 g/mol. The molecule has 0 aromatic carbocycles. The van der Waals surface area contributed by atoms with Gasteiger partial charge in [-0.1, -0.05) is 32.6 Å². The summed E-state index contributed by atoms with van der Waals surface area (Å²) in [5.74, 6) is 0.164. The van der Waals surface area contributed by atoms with Crippen molar-refractivity contribution in [3.8, 4) is 0 Å². The maximum absolute atomic E-state index is 11.2. The van der Waals surface area contributed by atoms with Gasteiger partial charge in [0.1, 0.15) is 0 Å². The first-order valence-electron chi connectivity index (χ1n) is 7.29. The second kappa shape index (κ2) is 6.85. The van der Waals surface area contributed by atoms with Gasteiger partial charge in [0.15, 0.2) is 6.29 Å². The molecular weight excluding hydrogens is 240 g/mol. The smallest absolute Gasteiger partial charge is 0.153 e. The van der Waals surface area contributed by atoms with E-state index in [0.717, 1.165) is 12.0 Å². The van der Waals surface area contributed by atoms with E-state index in [-0.39, 0.29) is 5.92 Å². The molecular formula is C15H24N2O2. The Balaban J connectivity index is 2.19. The molecule has 4 heteroatoms. The van der Waals surface area contributed by atoms with E-state index in [2.05, 4.69) is 12.0 Å². The summed E-state index contributed by atoms with van der Waals surface area (Å²) in [6, 6.07) is 0.463. The number of hydrogen-bond acceptors (Lipinski definition) is 3. The van der Waals surface area contributed by atoms with Crippen LogP contribution in [0, 0.1) is 0 Å². The monoisotopic (exact) mass is 264 g/mol. The summed E-state index contributed by atoms with van der Waals surface area (Å²) in [6.45, 7) is 2.65. The van der Waals surface area contributed by atoms with Gasteiger partial charge in [-0.05, 0) is 12.8 Å². The summed E-state index contributed by atoms with van der Waals surface area (Å²) in [6.07, 6.45) is 10.4. The van der Waals surface area contributed by atoms with Crippen LogP contribution in [0.25, 0.3) is 0 Å². The topological polar surface area (TPSA) is 44.1 Å². The molecule has 19 heavy (non-hydrogen) atoms. The van der Waals surface area contributed by atoms with Crippen molar-refractivity contribution in [2.75, 3.05) is 13.7 Å². The summed E-state index contributed by atoms with van der Waals surface area (Å²) in [7, 11) is 1.68. The fourth-order valence-corrected chi connectivity index (χ4v) is 2.93. The third kappa shape index (κ3) is 3.44. The molecule has 1 fully saturated rings. The molecule has 0 spiro atoms. The fourth-order valence-electron chi connectivity index (χ4n) is 2.93. The maximum atomic E-state index is 11.2. The van der Waals surface area contributed by atoms with Crippen LogP contribution in [0.2, 0.25) is 0 Å². The summed E-state index contributed by atoms with van der Waals surface area (Å²) in [4.78, 5) is 11.2. The number of nitrogens with zero attached hydrogens (tertiary/aromatic N) is 2. The van der Waals surface area contributed by atoms with Crippen molar-refractivity contribution in [2.24, 2.45) is 0 Å². The van der Waals surface area contributed by atoms with Gasteiger partial charge in [0.2, 0.25) is 0 Å². The third-order valence-corrected chi connectivity index (χ3v) is 4.00. The molecule has 1 aliphatic rings.